The fraction of sp³-hybridized carbons (Fsp3) is 0.353. The Kier molecular flexibility index (Phi) is 6.39. The molecular weight excluding hydrogens is 339 g/mol. The fourth-order valence-corrected chi connectivity index (χ4v) is 3.27. The SMILES string of the molecule is O=C(NCCC(CCO)c1ccsc1)c1ccccc1C(F)(F)F. The monoisotopic (exact) mass is 357 g/mol. The minimum absolute atomic E-state index is 0.0192. The normalized spacial score (nSPS) is 12.8. The van der Waals surface area contributed by atoms with Crippen molar-refractivity contribution >= 4 is 17.2 Å². The number of aliphatic hydroxyl groups is 1. The highest BCUT2D eigenvalue weighted by Crippen LogP contribution is 2.32. The maximum Gasteiger partial charge on any atom is 0.417 e. The van der Waals surface area contributed by atoms with Crippen molar-refractivity contribution in [1.29, 1.82) is 0 Å². The topological polar surface area (TPSA) is 49.3 Å². The lowest BCUT2D eigenvalue weighted by Crippen LogP contribution is -2.28. The summed E-state index contributed by atoms with van der Waals surface area (Å²) in [5.41, 5.74) is -0.245. The van der Waals surface area contributed by atoms with Crippen LogP contribution in [0.15, 0.2) is 41.1 Å². The Bertz CT molecular complexity index is 656. The van der Waals surface area contributed by atoms with Crippen LogP contribution in [-0.4, -0.2) is 24.2 Å². The van der Waals surface area contributed by atoms with Gasteiger partial charge in [-0.3, -0.25) is 4.79 Å². The van der Waals surface area contributed by atoms with E-state index < -0.39 is 17.6 Å². The van der Waals surface area contributed by atoms with E-state index in [1.165, 1.54) is 18.2 Å². The predicted octanol–water partition coefficient (Wildman–Crippen LogP) is 4.05. The molecule has 130 valence electrons. The number of aliphatic hydroxyl groups excluding tert-OH is 1. The molecule has 0 saturated carbocycles. The zero-order valence-corrected chi connectivity index (χ0v) is 13.7. The third-order valence-corrected chi connectivity index (χ3v) is 4.45. The highest BCUT2D eigenvalue weighted by atomic mass is 32.1. The van der Waals surface area contributed by atoms with Gasteiger partial charge in [0.1, 0.15) is 0 Å². The maximum atomic E-state index is 12.9. The molecule has 0 aliphatic rings. The van der Waals surface area contributed by atoms with Gasteiger partial charge in [0.2, 0.25) is 0 Å². The highest BCUT2D eigenvalue weighted by molar-refractivity contribution is 7.07. The van der Waals surface area contributed by atoms with Crippen LogP contribution in [0.25, 0.3) is 0 Å². The van der Waals surface area contributed by atoms with Crippen LogP contribution in [0.5, 0.6) is 0 Å². The number of amides is 1. The third kappa shape index (κ3) is 4.82. The summed E-state index contributed by atoms with van der Waals surface area (Å²) >= 11 is 1.54. The second kappa shape index (κ2) is 8.30. The molecule has 1 unspecified atom stereocenters. The Morgan fingerprint density at radius 2 is 1.96 bits per heavy atom. The molecular formula is C17H18F3NO2S. The van der Waals surface area contributed by atoms with Crippen molar-refractivity contribution in [2.75, 3.05) is 13.2 Å². The van der Waals surface area contributed by atoms with E-state index in [1.807, 2.05) is 16.8 Å². The van der Waals surface area contributed by atoms with Crippen molar-refractivity contribution in [1.82, 2.24) is 5.32 Å². The minimum atomic E-state index is -4.57. The van der Waals surface area contributed by atoms with Gasteiger partial charge >= 0.3 is 6.18 Å². The summed E-state index contributed by atoms with van der Waals surface area (Å²) in [5.74, 6) is -0.671. The molecule has 0 aliphatic heterocycles. The summed E-state index contributed by atoms with van der Waals surface area (Å²) in [5, 5.41) is 15.6. The number of alkyl halides is 3. The second-order valence-electron chi connectivity index (χ2n) is 5.35. The van der Waals surface area contributed by atoms with Crippen molar-refractivity contribution in [3.05, 3.63) is 57.8 Å². The Balaban J connectivity index is 1.98. The number of thiophene rings is 1. The van der Waals surface area contributed by atoms with Crippen molar-refractivity contribution in [3.63, 3.8) is 0 Å². The predicted molar refractivity (Wildman–Crippen MR) is 87.2 cm³/mol. The van der Waals surface area contributed by atoms with Crippen LogP contribution >= 0.6 is 11.3 Å². The number of carbonyl (C=O) groups excluding carboxylic acids is 1. The van der Waals surface area contributed by atoms with Gasteiger partial charge in [0.15, 0.2) is 0 Å². The smallest absolute Gasteiger partial charge is 0.396 e. The third-order valence-electron chi connectivity index (χ3n) is 3.75. The zero-order chi connectivity index (χ0) is 17.6. The average Bonchev–Trinajstić information content (AvgIpc) is 3.07. The number of hydrogen-bond acceptors (Lipinski definition) is 3. The van der Waals surface area contributed by atoms with E-state index in [2.05, 4.69) is 5.32 Å². The molecule has 0 fully saturated rings. The molecule has 1 amide bonds. The van der Waals surface area contributed by atoms with E-state index in [9.17, 15) is 18.0 Å². The maximum absolute atomic E-state index is 12.9. The van der Waals surface area contributed by atoms with Crippen molar-refractivity contribution in [2.45, 2.75) is 24.9 Å². The van der Waals surface area contributed by atoms with E-state index in [0.717, 1.165) is 11.6 Å². The van der Waals surface area contributed by atoms with Gasteiger partial charge in [-0.15, -0.1) is 0 Å². The Morgan fingerprint density at radius 1 is 1.21 bits per heavy atom. The summed E-state index contributed by atoms with van der Waals surface area (Å²) in [6.45, 7) is 0.261. The zero-order valence-electron chi connectivity index (χ0n) is 12.8. The number of carbonyl (C=O) groups is 1. The Morgan fingerprint density at radius 3 is 2.58 bits per heavy atom. The molecule has 0 aliphatic carbocycles. The van der Waals surface area contributed by atoms with Crippen molar-refractivity contribution in [3.8, 4) is 0 Å². The number of nitrogens with one attached hydrogen (secondary N) is 1. The van der Waals surface area contributed by atoms with Gasteiger partial charge in [-0.25, -0.2) is 0 Å². The molecule has 0 bridgehead atoms. The van der Waals surface area contributed by atoms with E-state index in [-0.39, 0.29) is 24.6 Å². The van der Waals surface area contributed by atoms with Crippen molar-refractivity contribution < 1.29 is 23.1 Å². The van der Waals surface area contributed by atoms with Crippen LogP contribution in [0.4, 0.5) is 13.2 Å². The first-order valence-corrected chi connectivity index (χ1v) is 8.45. The van der Waals surface area contributed by atoms with Gasteiger partial charge in [0.25, 0.3) is 5.91 Å². The molecule has 2 aromatic rings. The Hall–Kier alpha value is -1.86. The van der Waals surface area contributed by atoms with E-state index in [0.29, 0.717) is 12.8 Å². The van der Waals surface area contributed by atoms with Crippen LogP contribution in [0, 0.1) is 0 Å². The first kappa shape index (κ1) is 18.5. The number of halogens is 3. The molecule has 1 aromatic carbocycles. The van der Waals surface area contributed by atoms with Crippen LogP contribution in [0.2, 0.25) is 0 Å². The number of benzene rings is 1. The highest BCUT2D eigenvalue weighted by Gasteiger charge is 2.34. The first-order valence-electron chi connectivity index (χ1n) is 7.51. The van der Waals surface area contributed by atoms with Gasteiger partial charge in [0, 0.05) is 13.2 Å². The summed E-state index contributed by atoms with van der Waals surface area (Å²) in [4.78, 5) is 12.1. The molecule has 0 spiro atoms. The number of rotatable bonds is 7. The molecule has 0 saturated heterocycles. The van der Waals surface area contributed by atoms with E-state index >= 15 is 0 Å². The number of hydrogen-bond donors (Lipinski definition) is 2. The summed E-state index contributed by atoms with van der Waals surface area (Å²) in [6.07, 6.45) is -3.47. The van der Waals surface area contributed by atoms with Gasteiger partial charge in [-0.1, -0.05) is 12.1 Å². The fourth-order valence-electron chi connectivity index (χ4n) is 2.52. The second-order valence-corrected chi connectivity index (χ2v) is 6.13. The van der Waals surface area contributed by atoms with Crippen LogP contribution in [0.3, 0.4) is 0 Å². The quantitative estimate of drug-likeness (QED) is 0.785. The molecule has 2 N–H and O–H groups in total. The molecule has 24 heavy (non-hydrogen) atoms. The van der Waals surface area contributed by atoms with Crippen LogP contribution in [0.1, 0.15) is 40.2 Å². The molecule has 1 aromatic heterocycles. The van der Waals surface area contributed by atoms with Gasteiger partial charge in [-0.05, 0) is 53.3 Å². The molecule has 2 rings (SSSR count). The Labute approximate surface area is 142 Å². The molecule has 1 heterocycles. The first-order chi connectivity index (χ1) is 11.4. The molecule has 1 atom stereocenters. The van der Waals surface area contributed by atoms with Gasteiger partial charge < -0.3 is 10.4 Å². The van der Waals surface area contributed by atoms with Crippen molar-refractivity contribution in [2.24, 2.45) is 0 Å². The largest absolute Gasteiger partial charge is 0.417 e. The molecule has 3 nitrogen and oxygen atoms in total. The van der Waals surface area contributed by atoms with E-state index in [4.69, 9.17) is 5.11 Å². The standard InChI is InChI=1S/C17H18F3NO2S/c18-17(19,20)15-4-2-1-3-14(15)16(23)21-8-5-12(6-9-22)13-7-10-24-11-13/h1-4,7,10-12,22H,5-6,8-9H2,(H,21,23). The molecule has 7 heteroatoms. The summed E-state index contributed by atoms with van der Waals surface area (Å²) in [6, 6.07) is 6.68. The van der Waals surface area contributed by atoms with Crippen LogP contribution in [-0.2, 0) is 6.18 Å². The lowest BCUT2D eigenvalue weighted by atomic mass is 9.95. The van der Waals surface area contributed by atoms with Crippen LogP contribution < -0.4 is 5.32 Å². The minimum Gasteiger partial charge on any atom is -0.396 e. The van der Waals surface area contributed by atoms with Gasteiger partial charge in [-0.2, -0.15) is 24.5 Å². The van der Waals surface area contributed by atoms with Gasteiger partial charge in [0.05, 0.1) is 11.1 Å². The van der Waals surface area contributed by atoms with E-state index in [1.54, 1.807) is 11.3 Å². The average molecular weight is 357 g/mol. The summed E-state index contributed by atoms with van der Waals surface area (Å²) < 4.78 is 38.8. The molecule has 0 radical (unpaired) electrons. The summed E-state index contributed by atoms with van der Waals surface area (Å²) in [7, 11) is 0. The lowest BCUT2D eigenvalue weighted by Gasteiger charge is -2.16. The lowest BCUT2D eigenvalue weighted by molar-refractivity contribution is -0.137.